The van der Waals surface area contributed by atoms with Crippen LogP contribution in [0.3, 0.4) is 0 Å². The number of aromatic amines is 1. The second-order valence-electron chi connectivity index (χ2n) is 5.89. The number of fused-ring (bicyclic) bond motifs is 1. The van der Waals surface area contributed by atoms with Crippen LogP contribution in [0.4, 0.5) is 11.6 Å². The molecule has 136 valence electrons. The first-order valence-corrected chi connectivity index (χ1v) is 8.45. The molecule has 8 heteroatoms. The fourth-order valence-electron chi connectivity index (χ4n) is 2.82. The van der Waals surface area contributed by atoms with E-state index in [2.05, 4.69) is 20.3 Å². The van der Waals surface area contributed by atoms with Gasteiger partial charge in [0.1, 0.15) is 23.7 Å². The number of hydrogen-bond donors (Lipinski definition) is 5. The van der Waals surface area contributed by atoms with Crippen LogP contribution in [-0.2, 0) is 0 Å². The Kier molecular flexibility index (Phi) is 5.33. The maximum atomic E-state index is 8.64. The van der Waals surface area contributed by atoms with Gasteiger partial charge in [0.25, 0.3) is 0 Å². The highest BCUT2D eigenvalue weighted by atomic mass is 16.5. The highest BCUT2D eigenvalue weighted by molar-refractivity contribution is 6.17. The summed E-state index contributed by atoms with van der Waals surface area (Å²) in [7, 11) is 1.62. The molecule has 0 aliphatic carbocycles. The molecule has 0 aliphatic rings. The van der Waals surface area contributed by atoms with Crippen molar-refractivity contribution in [2.24, 2.45) is 5.73 Å². The van der Waals surface area contributed by atoms with Crippen LogP contribution >= 0.6 is 0 Å². The van der Waals surface area contributed by atoms with Crippen molar-refractivity contribution in [3.8, 4) is 5.75 Å². The number of nitrogens with two attached hydrogens (primary N) is 2. The first kappa shape index (κ1) is 17.7. The zero-order chi connectivity index (χ0) is 18.5. The molecule has 1 aromatic carbocycles. The SMILES string of the molecule is COc1cccc2cc(C(=N)c3c(N)ncnc3NCCCCN)[nH]c12. The predicted molar refractivity (Wildman–Crippen MR) is 104 cm³/mol. The summed E-state index contributed by atoms with van der Waals surface area (Å²) in [5, 5.41) is 12.8. The van der Waals surface area contributed by atoms with Gasteiger partial charge >= 0.3 is 0 Å². The molecule has 0 amide bonds. The highest BCUT2D eigenvalue weighted by Gasteiger charge is 2.18. The van der Waals surface area contributed by atoms with Crippen LogP contribution in [0.25, 0.3) is 10.9 Å². The van der Waals surface area contributed by atoms with Crippen LogP contribution < -0.4 is 21.5 Å². The Labute approximate surface area is 151 Å². The van der Waals surface area contributed by atoms with Gasteiger partial charge in [0.15, 0.2) is 0 Å². The summed E-state index contributed by atoms with van der Waals surface area (Å²) in [4.78, 5) is 11.5. The lowest BCUT2D eigenvalue weighted by atomic mass is 10.1. The number of methoxy groups -OCH3 is 1. The molecule has 3 rings (SSSR count). The van der Waals surface area contributed by atoms with Gasteiger partial charge in [0.2, 0.25) is 0 Å². The first-order chi connectivity index (χ1) is 12.7. The molecule has 8 nitrogen and oxygen atoms in total. The Morgan fingerprint density at radius 2 is 2.15 bits per heavy atom. The molecule has 0 unspecified atom stereocenters. The number of ether oxygens (including phenoxy) is 1. The summed E-state index contributed by atoms with van der Waals surface area (Å²) in [6, 6.07) is 7.64. The third-order valence-electron chi connectivity index (χ3n) is 4.16. The third kappa shape index (κ3) is 3.45. The standard InChI is InChI=1S/C18H23N7O/c1-26-13-6-4-5-11-9-12(25-16(11)13)15(20)14-17(21)23-10-24-18(14)22-8-3-2-7-19/h4-6,9-10,20,25H,2-3,7-8,19H2,1H3,(H3,21,22,23,24). The summed E-state index contributed by atoms with van der Waals surface area (Å²) in [6.07, 6.45) is 3.23. The molecule has 0 spiro atoms. The molecule has 0 saturated heterocycles. The van der Waals surface area contributed by atoms with Crippen LogP contribution in [0, 0.1) is 5.41 Å². The monoisotopic (exact) mass is 353 g/mol. The van der Waals surface area contributed by atoms with Crippen molar-refractivity contribution in [1.29, 1.82) is 5.41 Å². The number of anilines is 2. The van der Waals surface area contributed by atoms with Gasteiger partial charge in [-0.15, -0.1) is 0 Å². The molecule has 7 N–H and O–H groups in total. The lowest BCUT2D eigenvalue weighted by Gasteiger charge is -2.12. The number of benzene rings is 1. The smallest absolute Gasteiger partial charge is 0.142 e. The van der Waals surface area contributed by atoms with Crippen LogP contribution in [0.15, 0.2) is 30.6 Å². The van der Waals surface area contributed by atoms with Crippen molar-refractivity contribution >= 4 is 28.3 Å². The van der Waals surface area contributed by atoms with E-state index in [1.54, 1.807) is 7.11 Å². The Morgan fingerprint density at radius 1 is 1.31 bits per heavy atom. The van der Waals surface area contributed by atoms with Crippen molar-refractivity contribution in [3.63, 3.8) is 0 Å². The highest BCUT2D eigenvalue weighted by Crippen LogP contribution is 2.28. The second-order valence-corrected chi connectivity index (χ2v) is 5.89. The van der Waals surface area contributed by atoms with E-state index in [-0.39, 0.29) is 11.5 Å². The molecular weight excluding hydrogens is 330 g/mol. The molecule has 3 aromatic rings. The Morgan fingerprint density at radius 3 is 2.92 bits per heavy atom. The van der Waals surface area contributed by atoms with Gasteiger partial charge < -0.3 is 26.5 Å². The van der Waals surface area contributed by atoms with E-state index in [4.69, 9.17) is 21.6 Å². The van der Waals surface area contributed by atoms with Crippen molar-refractivity contribution in [1.82, 2.24) is 15.0 Å². The number of nitrogen functional groups attached to an aromatic ring is 1. The van der Waals surface area contributed by atoms with Crippen molar-refractivity contribution in [2.45, 2.75) is 12.8 Å². The zero-order valence-corrected chi connectivity index (χ0v) is 14.7. The quantitative estimate of drug-likeness (QED) is 0.310. The summed E-state index contributed by atoms with van der Waals surface area (Å²) >= 11 is 0. The second kappa shape index (κ2) is 7.83. The number of hydrogen-bond acceptors (Lipinski definition) is 7. The number of nitrogens with one attached hydrogen (secondary N) is 3. The minimum Gasteiger partial charge on any atom is -0.495 e. The van der Waals surface area contributed by atoms with E-state index < -0.39 is 0 Å². The van der Waals surface area contributed by atoms with Crippen molar-refractivity contribution < 1.29 is 4.74 Å². The first-order valence-electron chi connectivity index (χ1n) is 8.45. The van der Waals surface area contributed by atoms with Gasteiger partial charge in [-0.3, -0.25) is 5.41 Å². The number of unbranched alkanes of at least 4 members (excludes halogenated alkanes) is 1. The summed E-state index contributed by atoms with van der Waals surface area (Å²) in [5.74, 6) is 1.53. The molecule has 0 bridgehead atoms. The average Bonchev–Trinajstić information content (AvgIpc) is 3.09. The lowest BCUT2D eigenvalue weighted by molar-refractivity contribution is 0.419. The van der Waals surface area contributed by atoms with Gasteiger partial charge in [-0.2, -0.15) is 0 Å². The third-order valence-corrected chi connectivity index (χ3v) is 4.16. The van der Waals surface area contributed by atoms with Crippen molar-refractivity contribution in [3.05, 3.63) is 41.9 Å². The van der Waals surface area contributed by atoms with Gasteiger partial charge in [-0.05, 0) is 31.5 Å². The fraction of sp³-hybridized carbons (Fsp3) is 0.278. The van der Waals surface area contributed by atoms with Crippen LogP contribution in [-0.4, -0.2) is 40.9 Å². The molecule has 0 saturated carbocycles. The van der Waals surface area contributed by atoms with Crippen LogP contribution in [0.2, 0.25) is 0 Å². The van der Waals surface area contributed by atoms with E-state index in [1.165, 1.54) is 6.33 Å². The largest absolute Gasteiger partial charge is 0.495 e. The number of para-hydroxylation sites is 1. The molecule has 0 radical (unpaired) electrons. The fourth-order valence-corrected chi connectivity index (χ4v) is 2.82. The van der Waals surface area contributed by atoms with E-state index in [0.29, 0.717) is 30.2 Å². The maximum Gasteiger partial charge on any atom is 0.142 e. The summed E-state index contributed by atoms with van der Waals surface area (Å²) in [5.41, 5.74) is 13.7. The van der Waals surface area contributed by atoms with E-state index in [0.717, 1.165) is 29.5 Å². The van der Waals surface area contributed by atoms with Crippen LogP contribution in [0.1, 0.15) is 24.1 Å². The lowest BCUT2D eigenvalue weighted by Crippen LogP contribution is -2.15. The van der Waals surface area contributed by atoms with Crippen LogP contribution in [0.5, 0.6) is 5.75 Å². The number of H-pyrrole nitrogens is 1. The van der Waals surface area contributed by atoms with Crippen molar-refractivity contribution in [2.75, 3.05) is 31.2 Å². The molecule has 26 heavy (non-hydrogen) atoms. The molecule has 2 aromatic heterocycles. The predicted octanol–water partition coefficient (Wildman–Crippen LogP) is 2.12. The van der Waals surface area contributed by atoms with Gasteiger partial charge in [0.05, 0.1) is 29.6 Å². The summed E-state index contributed by atoms with van der Waals surface area (Å²) < 4.78 is 5.38. The number of nitrogens with zero attached hydrogens (tertiary/aromatic N) is 2. The number of rotatable bonds is 8. The Hall–Kier alpha value is -3.13. The Balaban J connectivity index is 1.94. The normalized spacial score (nSPS) is 10.8. The molecule has 0 aliphatic heterocycles. The van der Waals surface area contributed by atoms with Gasteiger partial charge in [-0.1, -0.05) is 12.1 Å². The minimum atomic E-state index is 0.225. The average molecular weight is 353 g/mol. The molecule has 0 fully saturated rings. The Bertz CT molecular complexity index is 919. The summed E-state index contributed by atoms with van der Waals surface area (Å²) in [6.45, 7) is 1.35. The van der Waals surface area contributed by atoms with E-state index in [1.807, 2.05) is 24.3 Å². The zero-order valence-electron chi connectivity index (χ0n) is 14.7. The molecule has 2 heterocycles. The van der Waals surface area contributed by atoms with E-state index in [9.17, 15) is 0 Å². The van der Waals surface area contributed by atoms with Gasteiger partial charge in [-0.25, -0.2) is 9.97 Å². The van der Waals surface area contributed by atoms with Gasteiger partial charge in [0, 0.05) is 11.9 Å². The van der Waals surface area contributed by atoms with E-state index >= 15 is 0 Å². The number of aromatic nitrogens is 3. The molecular formula is C18H23N7O. The maximum absolute atomic E-state index is 8.64. The molecule has 0 atom stereocenters. The topological polar surface area (TPSA) is 139 Å². The minimum absolute atomic E-state index is 0.225.